The average molecular weight is 296 g/mol. The minimum absolute atomic E-state index is 0.0506. The first-order valence-corrected chi connectivity index (χ1v) is 6.14. The number of hydrogen-bond acceptors (Lipinski definition) is 3. The maximum atomic E-state index is 10.5. The van der Waals surface area contributed by atoms with Crippen molar-refractivity contribution < 1.29 is 29.7 Å². The Hall–Kier alpha value is -2.63. The number of hydrogen-bond donors (Lipinski definition) is 3. The Balaban J connectivity index is 0. The molecule has 0 rings (SSSR count). The first-order chi connectivity index (χ1) is 9.84. The van der Waals surface area contributed by atoms with E-state index in [9.17, 15) is 14.4 Å². The van der Waals surface area contributed by atoms with Gasteiger partial charge in [-0.3, -0.25) is 4.79 Å². The molecule has 0 amide bonds. The van der Waals surface area contributed by atoms with Gasteiger partial charge in [0.1, 0.15) is 0 Å². The molecule has 6 nitrogen and oxygen atoms in total. The number of carboxylic acid groups (broad SMARTS) is 3. The van der Waals surface area contributed by atoms with E-state index in [1.54, 1.807) is 31.2 Å². The second-order valence-electron chi connectivity index (χ2n) is 3.64. The van der Waals surface area contributed by atoms with E-state index in [2.05, 4.69) is 0 Å². The van der Waals surface area contributed by atoms with Crippen molar-refractivity contribution in [2.45, 2.75) is 26.7 Å². The van der Waals surface area contributed by atoms with Crippen LogP contribution in [0.2, 0.25) is 0 Å². The van der Waals surface area contributed by atoms with Crippen molar-refractivity contribution in [1.82, 2.24) is 0 Å². The van der Waals surface area contributed by atoms with Crippen LogP contribution in [0.15, 0.2) is 48.1 Å². The van der Waals surface area contributed by atoms with E-state index in [4.69, 9.17) is 15.3 Å². The summed E-state index contributed by atoms with van der Waals surface area (Å²) >= 11 is 0. The van der Waals surface area contributed by atoms with Crippen molar-refractivity contribution in [1.29, 1.82) is 0 Å². The van der Waals surface area contributed by atoms with E-state index < -0.39 is 17.9 Å². The Morgan fingerprint density at radius 3 is 1.81 bits per heavy atom. The highest BCUT2D eigenvalue weighted by molar-refractivity contribution is 5.87. The Bertz CT molecular complexity index is 455. The van der Waals surface area contributed by atoms with Crippen molar-refractivity contribution in [3.05, 3.63) is 48.1 Å². The zero-order valence-corrected chi connectivity index (χ0v) is 12.0. The summed E-state index contributed by atoms with van der Waals surface area (Å²) in [5.74, 6) is -2.98. The highest BCUT2D eigenvalue weighted by Gasteiger charge is 2.07. The number of aliphatic carboxylic acids is 3. The highest BCUT2D eigenvalue weighted by atomic mass is 16.4. The first-order valence-electron chi connectivity index (χ1n) is 6.14. The fraction of sp³-hybridized carbons (Fsp3) is 0.267. The van der Waals surface area contributed by atoms with Crippen molar-refractivity contribution in [3.8, 4) is 0 Å². The zero-order valence-electron chi connectivity index (χ0n) is 12.0. The molecule has 0 aliphatic rings. The van der Waals surface area contributed by atoms with E-state index in [1.807, 2.05) is 6.92 Å². The fourth-order valence-corrected chi connectivity index (χ4v) is 0.965. The largest absolute Gasteiger partial charge is 0.481 e. The summed E-state index contributed by atoms with van der Waals surface area (Å²) in [6.45, 7) is 3.58. The first kappa shape index (κ1) is 20.7. The van der Waals surface area contributed by atoms with Gasteiger partial charge in [0, 0.05) is 18.1 Å². The minimum atomic E-state index is -1.07. The van der Waals surface area contributed by atoms with Gasteiger partial charge in [0.25, 0.3) is 0 Å². The van der Waals surface area contributed by atoms with Crippen LogP contribution in [0.3, 0.4) is 0 Å². The molecule has 6 heteroatoms. The lowest BCUT2D eigenvalue weighted by Gasteiger charge is -1.97. The molecule has 0 spiro atoms. The molecule has 0 bridgehead atoms. The molecule has 3 N–H and O–H groups in total. The van der Waals surface area contributed by atoms with Crippen molar-refractivity contribution in [3.63, 3.8) is 0 Å². The van der Waals surface area contributed by atoms with Crippen LogP contribution in [-0.2, 0) is 14.4 Å². The van der Waals surface area contributed by atoms with Crippen LogP contribution in [0.4, 0.5) is 0 Å². The fourth-order valence-electron chi connectivity index (χ4n) is 0.965. The van der Waals surface area contributed by atoms with Crippen LogP contribution >= 0.6 is 0 Å². The van der Waals surface area contributed by atoms with Crippen LogP contribution in [-0.4, -0.2) is 33.2 Å². The Morgan fingerprint density at radius 1 is 0.857 bits per heavy atom. The number of carbonyl (C=O) groups is 3. The van der Waals surface area contributed by atoms with E-state index in [0.717, 1.165) is 6.08 Å². The predicted octanol–water partition coefficient (Wildman–Crippen LogP) is 2.64. The monoisotopic (exact) mass is 296 g/mol. The zero-order chi connectivity index (χ0) is 16.7. The van der Waals surface area contributed by atoms with E-state index in [-0.39, 0.29) is 18.4 Å². The van der Waals surface area contributed by atoms with Crippen LogP contribution in [0.5, 0.6) is 0 Å². The summed E-state index contributed by atoms with van der Waals surface area (Å²) in [6.07, 6.45) is 10.5. The summed E-state index contributed by atoms with van der Waals surface area (Å²) in [6, 6.07) is 0. The summed E-state index contributed by atoms with van der Waals surface area (Å²) in [4.78, 5) is 30.4. The summed E-state index contributed by atoms with van der Waals surface area (Å²) in [5, 5.41) is 25.0. The predicted molar refractivity (Wildman–Crippen MR) is 79.0 cm³/mol. The third-order valence-corrected chi connectivity index (χ3v) is 1.92. The molecule has 0 radical (unpaired) electrons. The molecule has 0 atom stereocenters. The third kappa shape index (κ3) is 17.4. The van der Waals surface area contributed by atoms with Gasteiger partial charge in [0.05, 0.1) is 0 Å². The van der Waals surface area contributed by atoms with E-state index in [1.165, 1.54) is 12.2 Å². The summed E-state index contributed by atoms with van der Waals surface area (Å²) < 4.78 is 0. The van der Waals surface area contributed by atoms with E-state index >= 15 is 0 Å². The van der Waals surface area contributed by atoms with Crippen LogP contribution in [0.1, 0.15) is 26.7 Å². The van der Waals surface area contributed by atoms with Crippen molar-refractivity contribution in [2.24, 2.45) is 0 Å². The summed E-state index contributed by atoms with van der Waals surface area (Å²) in [5.41, 5.74) is 0.112. The van der Waals surface area contributed by atoms with Crippen LogP contribution < -0.4 is 0 Å². The smallest absolute Gasteiger partial charge is 0.331 e. The standard InChI is InChI=1S/C9H12O4.C6H8O2/c1-2-3-4-7(9(12)13)5-6-8(10)11;1-2-3-4-5-6(7)8/h2-4H,5-6H2,1H3,(H,10,11)(H,12,13);2-5H,1H3,(H,7,8). The molecular formula is C15H20O6. The van der Waals surface area contributed by atoms with Gasteiger partial charge in [0.2, 0.25) is 0 Å². The second kappa shape index (κ2) is 13.8. The van der Waals surface area contributed by atoms with Crippen molar-refractivity contribution >= 4 is 17.9 Å². The van der Waals surface area contributed by atoms with Gasteiger partial charge < -0.3 is 15.3 Å². The molecule has 116 valence electrons. The number of carboxylic acids is 3. The summed E-state index contributed by atoms with van der Waals surface area (Å²) in [7, 11) is 0. The Labute approximate surface area is 123 Å². The molecule has 0 saturated carbocycles. The van der Waals surface area contributed by atoms with Crippen LogP contribution in [0.25, 0.3) is 0 Å². The molecule has 0 unspecified atom stereocenters. The minimum Gasteiger partial charge on any atom is -0.481 e. The van der Waals surface area contributed by atoms with Gasteiger partial charge in [-0.15, -0.1) is 0 Å². The Kier molecular flexibility index (Phi) is 13.6. The molecule has 0 heterocycles. The topological polar surface area (TPSA) is 112 Å². The van der Waals surface area contributed by atoms with Crippen LogP contribution in [0, 0.1) is 0 Å². The molecule has 0 aromatic heterocycles. The molecule has 0 saturated heterocycles. The molecule has 0 aliphatic heterocycles. The second-order valence-corrected chi connectivity index (χ2v) is 3.64. The third-order valence-electron chi connectivity index (χ3n) is 1.92. The van der Waals surface area contributed by atoms with Gasteiger partial charge >= 0.3 is 17.9 Å². The molecule has 0 aliphatic carbocycles. The van der Waals surface area contributed by atoms with Crippen molar-refractivity contribution in [2.75, 3.05) is 0 Å². The van der Waals surface area contributed by atoms with Gasteiger partial charge in [-0.2, -0.15) is 0 Å². The van der Waals surface area contributed by atoms with Gasteiger partial charge in [-0.1, -0.05) is 36.5 Å². The lowest BCUT2D eigenvalue weighted by atomic mass is 10.1. The lowest BCUT2D eigenvalue weighted by Crippen LogP contribution is -2.03. The highest BCUT2D eigenvalue weighted by Crippen LogP contribution is 2.05. The van der Waals surface area contributed by atoms with Gasteiger partial charge in [0.15, 0.2) is 0 Å². The lowest BCUT2D eigenvalue weighted by molar-refractivity contribution is -0.137. The maximum Gasteiger partial charge on any atom is 0.331 e. The Morgan fingerprint density at radius 2 is 1.43 bits per heavy atom. The SMILES string of the molecule is CC=CC=C(CCC(=O)O)C(=O)O.CC=CC=CC(=O)O. The quantitative estimate of drug-likeness (QED) is 0.492. The van der Waals surface area contributed by atoms with E-state index in [0.29, 0.717) is 0 Å². The molecule has 0 aromatic carbocycles. The average Bonchev–Trinajstić information content (AvgIpc) is 2.38. The number of rotatable bonds is 7. The normalized spacial score (nSPS) is 11.6. The maximum absolute atomic E-state index is 10.5. The molecular weight excluding hydrogens is 276 g/mol. The molecule has 21 heavy (non-hydrogen) atoms. The van der Waals surface area contributed by atoms with Gasteiger partial charge in [-0.25, -0.2) is 9.59 Å². The van der Waals surface area contributed by atoms with Gasteiger partial charge in [-0.05, 0) is 20.3 Å². The molecule has 0 fully saturated rings. The molecule has 0 aromatic rings. The number of allylic oxidation sites excluding steroid dienone is 6.